The molecule has 1 aliphatic heterocycles. The SMILES string of the molecule is CCOC(=O)C(=O)Oc1c(CC=C(C)CCC(=O)O)c(OC)c(C)c2c1C(=O)OC2. The minimum Gasteiger partial charge on any atom is -0.496 e. The molecular weight excluding hydrogens is 396 g/mol. The number of methoxy groups -OCH3 is 1. The number of carboxylic acids is 1. The lowest BCUT2D eigenvalue weighted by Gasteiger charge is -2.18. The molecule has 1 aromatic rings. The van der Waals surface area contributed by atoms with Gasteiger partial charge in [-0.25, -0.2) is 14.4 Å². The van der Waals surface area contributed by atoms with Gasteiger partial charge in [0.25, 0.3) is 0 Å². The Kier molecular flexibility index (Phi) is 7.57. The highest BCUT2D eigenvalue weighted by molar-refractivity contribution is 6.30. The number of hydrogen-bond acceptors (Lipinski definition) is 8. The van der Waals surface area contributed by atoms with Gasteiger partial charge >= 0.3 is 23.9 Å². The highest BCUT2D eigenvalue weighted by Crippen LogP contribution is 2.43. The highest BCUT2D eigenvalue weighted by Gasteiger charge is 2.35. The van der Waals surface area contributed by atoms with Crippen LogP contribution in [0.25, 0.3) is 0 Å². The van der Waals surface area contributed by atoms with E-state index < -0.39 is 23.9 Å². The molecule has 1 heterocycles. The molecule has 0 aromatic heterocycles. The summed E-state index contributed by atoms with van der Waals surface area (Å²) in [4.78, 5) is 47.1. The molecule has 1 N–H and O–H groups in total. The summed E-state index contributed by atoms with van der Waals surface area (Å²) in [5.41, 5.74) is 2.40. The van der Waals surface area contributed by atoms with Crippen molar-refractivity contribution >= 4 is 23.9 Å². The van der Waals surface area contributed by atoms with E-state index in [1.165, 1.54) is 7.11 Å². The van der Waals surface area contributed by atoms with E-state index in [0.717, 1.165) is 5.57 Å². The van der Waals surface area contributed by atoms with E-state index in [1.807, 2.05) is 0 Å². The van der Waals surface area contributed by atoms with E-state index in [1.54, 1.807) is 26.8 Å². The Morgan fingerprint density at radius 3 is 2.47 bits per heavy atom. The average Bonchev–Trinajstić information content (AvgIpc) is 3.09. The Balaban J connectivity index is 2.53. The second-order valence-corrected chi connectivity index (χ2v) is 6.65. The van der Waals surface area contributed by atoms with Crippen LogP contribution in [0.4, 0.5) is 0 Å². The Bertz CT molecular complexity index is 912. The number of cyclic esters (lactones) is 1. The van der Waals surface area contributed by atoms with Crippen molar-refractivity contribution in [3.63, 3.8) is 0 Å². The minimum atomic E-state index is -1.27. The lowest BCUT2D eigenvalue weighted by molar-refractivity contribution is -0.161. The first-order valence-electron chi connectivity index (χ1n) is 9.36. The number of hydrogen-bond donors (Lipinski definition) is 1. The van der Waals surface area contributed by atoms with Gasteiger partial charge in [0.05, 0.1) is 13.7 Å². The number of ether oxygens (including phenoxy) is 4. The summed E-state index contributed by atoms with van der Waals surface area (Å²) in [5.74, 6) is -3.76. The van der Waals surface area contributed by atoms with Crippen molar-refractivity contribution in [2.75, 3.05) is 13.7 Å². The zero-order valence-electron chi connectivity index (χ0n) is 17.3. The highest BCUT2D eigenvalue weighted by atomic mass is 16.6. The summed E-state index contributed by atoms with van der Waals surface area (Å²) < 4.78 is 20.5. The second kappa shape index (κ2) is 9.91. The number of fused-ring (bicyclic) bond motifs is 1. The quantitative estimate of drug-likeness (QED) is 0.292. The van der Waals surface area contributed by atoms with Crippen molar-refractivity contribution in [1.82, 2.24) is 0 Å². The molecule has 9 nitrogen and oxygen atoms in total. The van der Waals surface area contributed by atoms with Crippen molar-refractivity contribution in [2.24, 2.45) is 0 Å². The molecule has 0 aliphatic carbocycles. The van der Waals surface area contributed by atoms with Crippen LogP contribution in [0.1, 0.15) is 53.7 Å². The number of carbonyl (C=O) groups excluding carboxylic acids is 3. The summed E-state index contributed by atoms with van der Waals surface area (Å²) in [7, 11) is 1.44. The van der Waals surface area contributed by atoms with Gasteiger partial charge in [-0.2, -0.15) is 0 Å². The topological polar surface area (TPSA) is 125 Å². The first-order valence-corrected chi connectivity index (χ1v) is 9.36. The van der Waals surface area contributed by atoms with Crippen LogP contribution in [0.15, 0.2) is 11.6 Å². The van der Waals surface area contributed by atoms with E-state index in [2.05, 4.69) is 4.74 Å². The molecule has 0 radical (unpaired) electrons. The van der Waals surface area contributed by atoms with Crippen LogP contribution in [0.3, 0.4) is 0 Å². The minimum absolute atomic E-state index is 0.00588. The molecule has 1 aliphatic rings. The predicted molar refractivity (Wildman–Crippen MR) is 103 cm³/mol. The van der Waals surface area contributed by atoms with E-state index in [9.17, 15) is 19.2 Å². The molecular formula is C21H24O9. The van der Waals surface area contributed by atoms with Crippen molar-refractivity contribution in [3.8, 4) is 11.5 Å². The fraction of sp³-hybridized carbons (Fsp3) is 0.429. The summed E-state index contributed by atoms with van der Waals surface area (Å²) in [6.45, 7) is 5.05. The van der Waals surface area contributed by atoms with Crippen molar-refractivity contribution in [1.29, 1.82) is 0 Å². The van der Waals surface area contributed by atoms with Gasteiger partial charge in [-0.15, -0.1) is 0 Å². The number of rotatable bonds is 8. The third-order valence-electron chi connectivity index (χ3n) is 4.65. The molecule has 0 amide bonds. The number of carbonyl (C=O) groups is 4. The van der Waals surface area contributed by atoms with Crippen molar-refractivity contribution in [3.05, 3.63) is 33.9 Å². The van der Waals surface area contributed by atoms with Crippen molar-refractivity contribution < 1.29 is 43.2 Å². The van der Waals surface area contributed by atoms with Gasteiger partial charge in [0.15, 0.2) is 5.75 Å². The number of carboxylic acid groups (broad SMARTS) is 1. The zero-order chi connectivity index (χ0) is 22.4. The number of allylic oxidation sites excluding steroid dienone is 2. The Labute approximate surface area is 173 Å². The number of esters is 3. The van der Waals surface area contributed by atoms with Gasteiger partial charge < -0.3 is 24.1 Å². The van der Waals surface area contributed by atoms with Crippen LogP contribution in [-0.2, 0) is 36.9 Å². The molecule has 0 atom stereocenters. The molecule has 0 bridgehead atoms. The summed E-state index contributed by atoms with van der Waals surface area (Å²) in [6.07, 6.45) is 2.25. The largest absolute Gasteiger partial charge is 0.496 e. The number of aliphatic carboxylic acids is 1. The molecule has 1 aromatic carbocycles. The molecule has 0 saturated carbocycles. The second-order valence-electron chi connectivity index (χ2n) is 6.65. The van der Waals surface area contributed by atoms with E-state index >= 15 is 0 Å². The first kappa shape index (κ1) is 22.9. The smallest absolute Gasteiger partial charge is 0.422 e. The van der Waals surface area contributed by atoms with E-state index in [4.69, 9.17) is 19.3 Å². The number of benzene rings is 1. The molecule has 0 unspecified atom stereocenters. The lowest BCUT2D eigenvalue weighted by Crippen LogP contribution is -2.24. The fourth-order valence-corrected chi connectivity index (χ4v) is 3.13. The molecule has 0 spiro atoms. The standard InChI is InChI=1S/C21H24O9/c1-5-28-20(25)21(26)30-18-13(8-6-11(2)7-9-15(22)23)17(27-4)12(3)14-10-29-19(24)16(14)18/h6H,5,7-10H2,1-4H3,(H,22,23). The van der Waals surface area contributed by atoms with Gasteiger partial charge in [-0.3, -0.25) is 4.79 Å². The normalized spacial score (nSPS) is 12.8. The maximum atomic E-state index is 12.3. The Hall–Kier alpha value is -3.36. The van der Waals surface area contributed by atoms with Crippen LogP contribution in [0, 0.1) is 6.92 Å². The molecule has 2 rings (SSSR count). The van der Waals surface area contributed by atoms with Crippen LogP contribution in [0.2, 0.25) is 0 Å². The van der Waals surface area contributed by atoms with Crippen LogP contribution >= 0.6 is 0 Å². The molecule has 30 heavy (non-hydrogen) atoms. The third kappa shape index (κ3) is 4.97. The zero-order valence-corrected chi connectivity index (χ0v) is 17.3. The van der Waals surface area contributed by atoms with Crippen molar-refractivity contribution in [2.45, 2.75) is 46.6 Å². The maximum absolute atomic E-state index is 12.3. The first-order chi connectivity index (χ1) is 14.2. The molecule has 0 saturated heterocycles. The summed E-state index contributed by atoms with van der Waals surface area (Å²) >= 11 is 0. The van der Waals surface area contributed by atoms with E-state index in [0.29, 0.717) is 28.9 Å². The lowest BCUT2D eigenvalue weighted by atomic mass is 9.94. The Morgan fingerprint density at radius 1 is 1.17 bits per heavy atom. The Morgan fingerprint density at radius 2 is 1.87 bits per heavy atom. The van der Waals surface area contributed by atoms with Crippen LogP contribution in [0.5, 0.6) is 11.5 Å². The van der Waals surface area contributed by atoms with Gasteiger partial charge in [-0.1, -0.05) is 11.6 Å². The van der Waals surface area contributed by atoms with E-state index in [-0.39, 0.29) is 37.4 Å². The van der Waals surface area contributed by atoms with Gasteiger partial charge in [0.1, 0.15) is 17.9 Å². The fourth-order valence-electron chi connectivity index (χ4n) is 3.13. The van der Waals surface area contributed by atoms with Gasteiger partial charge in [-0.05, 0) is 39.2 Å². The van der Waals surface area contributed by atoms with Crippen LogP contribution in [-0.4, -0.2) is 42.7 Å². The van der Waals surface area contributed by atoms with Gasteiger partial charge in [0.2, 0.25) is 0 Å². The predicted octanol–water partition coefficient (Wildman–Crippen LogP) is 2.50. The monoisotopic (exact) mass is 420 g/mol. The summed E-state index contributed by atoms with van der Waals surface area (Å²) in [5, 5.41) is 8.84. The maximum Gasteiger partial charge on any atom is 0.422 e. The summed E-state index contributed by atoms with van der Waals surface area (Å²) in [6, 6.07) is 0. The molecule has 0 fully saturated rings. The average molecular weight is 420 g/mol. The van der Waals surface area contributed by atoms with Gasteiger partial charge in [0, 0.05) is 17.5 Å². The molecule has 9 heteroatoms. The van der Waals surface area contributed by atoms with Crippen LogP contribution < -0.4 is 9.47 Å². The third-order valence-corrected chi connectivity index (χ3v) is 4.65. The molecule has 162 valence electrons.